The van der Waals surface area contributed by atoms with Gasteiger partial charge in [-0.2, -0.15) is 4.31 Å². The summed E-state index contributed by atoms with van der Waals surface area (Å²) in [5.41, 5.74) is 0. The van der Waals surface area contributed by atoms with E-state index in [1.54, 1.807) is 13.8 Å². The molecule has 4 nitrogen and oxygen atoms in total. The fraction of sp³-hybridized carbons (Fsp3) is 0.500. The molecule has 0 aliphatic heterocycles. The van der Waals surface area contributed by atoms with E-state index < -0.39 is 10.0 Å². The van der Waals surface area contributed by atoms with Crippen LogP contribution in [0.25, 0.3) is 0 Å². The third kappa shape index (κ3) is 3.54. The van der Waals surface area contributed by atoms with E-state index in [-0.39, 0.29) is 14.9 Å². The Bertz CT molecular complexity index is 542. The Morgan fingerprint density at radius 3 is 2.16 bits per heavy atom. The zero-order valence-electron chi connectivity index (χ0n) is 11.1. The summed E-state index contributed by atoms with van der Waals surface area (Å²) in [5, 5.41) is 0.344. The van der Waals surface area contributed by atoms with Crippen LogP contribution in [0.5, 0.6) is 5.75 Å². The Labute approximate surface area is 124 Å². The normalized spacial score (nSPS) is 11.9. The minimum atomic E-state index is -3.62. The number of benzene rings is 1. The molecule has 1 aromatic rings. The second-order valence-electron chi connectivity index (χ2n) is 3.74. The van der Waals surface area contributed by atoms with Crippen molar-refractivity contribution in [2.24, 2.45) is 0 Å². The molecule has 0 spiro atoms. The highest BCUT2D eigenvalue weighted by atomic mass is 35.5. The van der Waals surface area contributed by atoms with Gasteiger partial charge in [0.15, 0.2) is 0 Å². The van der Waals surface area contributed by atoms with Gasteiger partial charge in [0.1, 0.15) is 10.6 Å². The van der Waals surface area contributed by atoms with Crippen molar-refractivity contribution in [3.63, 3.8) is 0 Å². The van der Waals surface area contributed by atoms with E-state index >= 15 is 0 Å². The summed E-state index contributed by atoms with van der Waals surface area (Å²) in [6, 6.07) is 2.77. The smallest absolute Gasteiger partial charge is 0.244 e. The maximum absolute atomic E-state index is 12.4. The van der Waals surface area contributed by atoms with E-state index in [0.717, 1.165) is 0 Å². The Hall–Kier alpha value is -0.490. The van der Waals surface area contributed by atoms with Crippen molar-refractivity contribution >= 4 is 33.2 Å². The lowest BCUT2D eigenvalue weighted by Crippen LogP contribution is -2.30. The van der Waals surface area contributed by atoms with Crippen molar-refractivity contribution in [1.82, 2.24) is 4.31 Å². The summed E-state index contributed by atoms with van der Waals surface area (Å²) < 4.78 is 31.4. The lowest BCUT2D eigenvalue weighted by atomic mass is 10.3. The van der Waals surface area contributed by atoms with Gasteiger partial charge in [0.2, 0.25) is 10.0 Å². The van der Waals surface area contributed by atoms with Crippen molar-refractivity contribution in [1.29, 1.82) is 0 Å². The van der Waals surface area contributed by atoms with Crippen LogP contribution in [0.4, 0.5) is 0 Å². The van der Waals surface area contributed by atoms with E-state index in [1.807, 2.05) is 6.92 Å². The molecule has 0 heterocycles. The molecular weight excluding hydrogens is 309 g/mol. The molecule has 7 heteroatoms. The van der Waals surface area contributed by atoms with Crippen molar-refractivity contribution in [3.05, 3.63) is 22.2 Å². The zero-order valence-corrected chi connectivity index (χ0v) is 13.4. The van der Waals surface area contributed by atoms with Gasteiger partial charge in [-0.25, -0.2) is 8.42 Å². The number of hydrogen-bond acceptors (Lipinski definition) is 3. The first kappa shape index (κ1) is 16.6. The average Bonchev–Trinajstić information content (AvgIpc) is 2.34. The molecule has 0 aliphatic carbocycles. The lowest BCUT2D eigenvalue weighted by molar-refractivity contribution is 0.340. The van der Waals surface area contributed by atoms with Gasteiger partial charge in [-0.15, -0.1) is 0 Å². The summed E-state index contributed by atoms with van der Waals surface area (Å²) in [6.07, 6.45) is 0. The number of rotatable bonds is 6. The fourth-order valence-corrected chi connectivity index (χ4v) is 3.94. The predicted octanol–water partition coefficient (Wildman–Crippen LogP) is 3.42. The lowest BCUT2D eigenvalue weighted by Gasteiger charge is -2.20. The topological polar surface area (TPSA) is 46.6 Å². The van der Waals surface area contributed by atoms with Gasteiger partial charge in [-0.3, -0.25) is 0 Å². The first-order valence-electron chi connectivity index (χ1n) is 6.00. The Morgan fingerprint density at radius 1 is 1.11 bits per heavy atom. The Kier molecular flexibility index (Phi) is 5.92. The highest BCUT2D eigenvalue weighted by Gasteiger charge is 2.25. The first-order valence-corrected chi connectivity index (χ1v) is 8.20. The maximum atomic E-state index is 12.4. The fourth-order valence-electron chi connectivity index (χ4n) is 1.68. The molecular formula is C12H17Cl2NO3S. The third-order valence-corrected chi connectivity index (χ3v) is 5.42. The maximum Gasteiger partial charge on any atom is 0.244 e. The van der Waals surface area contributed by atoms with E-state index in [2.05, 4.69) is 0 Å². The van der Waals surface area contributed by atoms with Crippen molar-refractivity contribution < 1.29 is 13.2 Å². The van der Waals surface area contributed by atoms with Gasteiger partial charge in [0.25, 0.3) is 0 Å². The number of nitrogens with zero attached hydrogens (tertiary/aromatic N) is 1. The monoisotopic (exact) mass is 325 g/mol. The average molecular weight is 326 g/mol. The van der Waals surface area contributed by atoms with Crippen LogP contribution in [0.2, 0.25) is 10.0 Å². The second-order valence-corrected chi connectivity index (χ2v) is 6.46. The molecule has 0 aromatic heterocycles. The minimum Gasteiger partial charge on any atom is -0.492 e. The second kappa shape index (κ2) is 6.79. The van der Waals surface area contributed by atoms with Crippen molar-refractivity contribution in [2.45, 2.75) is 25.7 Å². The van der Waals surface area contributed by atoms with Crippen LogP contribution in [0.3, 0.4) is 0 Å². The van der Waals surface area contributed by atoms with Crippen LogP contribution < -0.4 is 4.74 Å². The third-order valence-electron chi connectivity index (χ3n) is 2.61. The molecule has 0 bridgehead atoms. The van der Waals surface area contributed by atoms with Crippen LogP contribution in [-0.4, -0.2) is 32.4 Å². The van der Waals surface area contributed by atoms with Gasteiger partial charge < -0.3 is 4.74 Å². The first-order chi connectivity index (χ1) is 8.88. The van der Waals surface area contributed by atoms with E-state index in [0.29, 0.717) is 25.4 Å². The van der Waals surface area contributed by atoms with Gasteiger partial charge in [0, 0.05) is 19.2 Å². The van der Waals surface area contributed by atoms with Crippen LogP contribution in [0, 0.1) is 0 Å². The summed E-state index contributed by atoms with van der Waals surface area (Å²) in [5.74, 6) is 0.382. The summed E-state index contributed by atoms with van der Waals surface area (Å²) in [7, 11) is -3.62. The number of ether oxygens (including phenoxy) is 1. The number of hydrogen-bond donors (Lipinski definition) is 0. The Balaban J connectivity index is 3.32. The highest BCUT2D eigenvalue weighted by Crippen LogP contribution is 2.34. The summed E-state index contributed by atoms with van der Waals surface area (Å²) in [6.45, 7) is 6.53. The van der Waals surface area contributed by atoms with Gasteiger partial charge in [-0.1, -0.05) is 37.0 Å². The molecule has 0 saturated carbocycles. The van der Waals surface area contributed by atoms with Crippen LogP contribution >= 0.6 is 23.2 Å². The molecule has 0 fully saturated rings. The van der Waals surface area contributed by atoms with Crippen LogP contribution in [-0.2, 0) is 10.0 Å². The van der Waals surface area contributed by atoms with E-state index in [1.165, 1.54) is 16.4 Å². The molecule has 0 aliphatic rings. The molecule has 0 radical (unpaired) electrons. The summed E-state index contributed by atoms with van der Waals surface area (Å²) in [4.78, 5) is 0.00585. The summed E-state index contributed by atoms with van der Waals surface area (Å²) >= 11 is 12.0. The molecule has 0 N–H and O–H groups in total. The van der Waals surface area contributed by atoms with Crippen molar-refractivity contribution in [3.8, 4) is 5.75 Å². The standard InChI is InChI=1S/C12H17Cl2NO3S/c1-4-15(5-2)19(16,17)12-8-9(13)11(18-6-3)7-10(12)14/h7-8H,4-6H2,1-3H3. The van der Waals surface area contributed by atoms with Crippen LogP contribution in [0.1, 0.15) is 20.8 Å². The highest BCUT2D eigenvalue weighted by molar-refractivity contribution is 7.89. The minimum absolute atomic E-state index is 0.00585. The number of halogens is 2. The SMILES string of the molecule is CCOc1cc(Cl)c(S(=O)(=O)N(CC)CC)cc1Cl. The van der Waals surface area contributed by atoms with Crippen molar-refractivity contribution in [2.75, 3.05) is 19.7 Å². The zero-order chi connectivity index (χ0) is 14.6. The molecule has 1 rings (SSSR count). The molecule has 0 unspecified atom stereocenters. The Morgan fingerprint density at radius 2 is 1.68 bits per heavy atom. The van der Waals surface area contributed by atoms with E-state index in [9.17, 15) is 8.42 Å². The molecule has 19 heavy (non-hydrogen) atoms. The van der Waals surface area contributed by atoms with E-state index in [4.69, 9.17) is 27.9 Å². The van der Waals surface area contributed by atoms with Gasteiger partial charge in [-0.05, 0) is 13.0 Å². The van der Waals surface area contributed by atoms with Crippen LogP contribution in [0.15, 0.2) is 17.0 Å². The predicted molar refractivity (Wildman–Crippen MR) is 77.7 cm³/mol. The molecule has 0 amide bonds. The largest absolute Gasteiger partial charge is 0.492 e. The molecule has 1 aromatic carbocycles. The van der Waals surface area contributed by atoms with Gasteiger partial charge in [0.05, 0.1) is 16.7 Å². The van der Waals surface area contributed by atoms with Gasteiger partial charge >= 0.3 is 0 Å². The molecule has 0 atom stereocenters. The number of sulfonamides is 1. The molecule has 108 valence electrons. The molecule has 0 saturated heterocycles. The quantitative estimate of drug-likeness (QED) is 0.805.